The van der Waals surface area contributed by atoms with E-state index in [0.717, 1.165) is 38.3 Å². The summed E-state index contributed by atoms with van der Waals surface area (Å²) in [5.41, 5.74) is 0.874. The molecule has 2 N–H and O–H groups in total. The van der Waals surface area contributed by atoms with Gasteiger partial charge in [0.1, 0.15) is 0 Å². The summed E-state index contributed by atoms with van der Waals surface area (Å²) in [5, 5.41) is 7.23. The fraction of sp³-hybridized carbons (Fsp3) is 0.500. The number of nitrogens with zero attached hydrogens (tertiary/aromatic N) is 1. The molecule has 2 rings (SSSR count). The summed E-state index contributed by atoms with van der Waals surface area (Å²) in [6, 6.07) is 5.27. The minimum absolute atomic E-state index is 0.0125. The van der Waals surface area contributed by atoms with Crippen LogP contribution in [-0.2, 0) is 11.2 Å². The normalized spacial score (nSPS) is 16.1. The molecule has 6 heteroatoms. The van der Waals surface area contributed by atoms with Gasteiger partial charge in [0.2, 0.25) is 5.91 Å². The Morgan fingerprint density at radius 2 is 2.00 bits per heavy atom. The molecule has 0 atom stereocenters. The Morgan fingerprint density at radius 3 is 2.70 bits per heavy atom. The number of halogens is 2. The number of carbonyl (C=O) groups excluding carboxylic acids is 1. The summed E-state index contributed by atoms with van der Waals surface area (Å²) in [7, 11) is 0. The summed E-state index contributed by atoms with van der Waals surface area (Å²) >= 11 is 11.8. The van der Waals surface area contributed by atoms with Crippen LogP contribution in [0.25, 0.3) is 0 Å². The van der Waals surface area contributed by atoms with Gasteiger partial charge < -0.3 is 10.6 Å². The van der Waals surface area contributed by atoms with Crippen LogP contribution in [0.4, 0.5) is 0 Å². The van der Waals surface area contributed by atoms with E-state index in [0.29, 0.717) is 23.0 Å². The third kappa shape index (κ3) is 4.94. The summed E-state index contributed by atoms with van der Waals surface area (Å²) in [4.78, 5) is 14.2. The van der Waals surface area contributed by atoms with Crippen molar-refractivity contribution < 1.29 is 4.79 Å². The number of hydrogen-bond acceptors (Lipinski definition) is 3. The van der Waals surface area contributed by atoms with Crippen LogP contribution in [0.15, 0.2) is 18.2 Å². The fourth-order valence-corrected chi connectivity index (χ4v) is 2.51. The molecule has 0 unspecified atom stereocenters. The highest BCUT2D eigenvalue weighted by molar-refractivity contribution is 6.42. The van der Waals surface area contributed by atoms with Crippen molar-refractivity contribution in [3.05, 3.63) is 33.8 Å². The van der Waals surface area contributed by atoms with Crippen molar-refractivity contribution in [2.24, 2.45) is 0 Å². The van der Waals surface area contributed by atoms with Gasteiger partial charge in [-0.1, -0.05) is 29.3 Å². The Morgan fingerprint density at radius 1 is 1.25 bits per heavy atom. The predicted octanol–water partition coefficient (Wildman–Crippen LogP) is 1.56. The first kappa shape index (κ1) is 15.6. The Balaban J connectivity index is 1.70. The maximum Gasteiger partial charge on any atom is 0.224 e. The van der Waals surface area contributed by atoms with E-state index < -0.39 is 0 Å². The van der Waals surface area contributed by atoms with Crippen molar-refractivity contribution in [3.8, 4) is 0 Å². The SMILES string of the molecule is O=C(Cc1ccc(Cl)c(Cl)c1)NCCN1CCNCC1. The molecule has 1 aliphatic rings. The fourth-order valence-electron chi connectivity index (χ4n) is 2.19. The van der Waals surface area contributed by atoms with Crippen LogP contribution in [-0.4, -0.2) is 50.1 Å². The van der Waals surface area contributed by atoms with E-state index in [-0.39, 0.29) is 5.91 Å². The molecular formula is C14H19Cl2N3O. The second-order valence-corrected chi connectivity index (χ2v) is 5.68. The van der Waals surface area contributed by atoms with Gasteiger partial charge in [-0.05, 0) is 17.7 Å². The van der Waals surface area contributed by atoms with Crippen molar-refractivity contribution in [1.82, 2.24) is 15.5 Å². The molecule has 0 aromatic heterocycles. The first-order valence-electron chi connectivity index (χ1n) is 6.79. The molecule has 0 aliphatic carbocycles. The van der Waals surface area contributed by atoms with Crippen molar-refractivity contribution in [2.45, 2.75) is 6.42 Å². The topological polar surface area (TPSA) is 44.4 Å². The number of nitrogens with one attached hydrogen (secondary N) is 2. The first-order valence-corrected chi connectivity index (χ1v) is 7.54. The van der Waals surface area contributed by atoms with Gasteiger partial charge in [0.05, 0.1) is 16.5 Å². The van der Waals surface area contributed by atoms with Gasteiger partial charge in [0, 0.05) is 39.3 Å². The standard InChI is InChI=1S/C14H19Cl2N3O/c15-12-2-1-11(9-13(12)16)10-14(20)18-5-8-19-6-3-17-4-7-19/h1-2,9,17H,3-8,10H2,(H,18,20). The highest BCUT2D eigenvalue weighted by Crippen LogP contribution is 2.22. The molecule has 4 nitrogen and oxygen atoms in total. The van der Waals surface area contributed by atoms with Crippen molar-refractivity contribution >= 4 is 29.1 Å². The molecule has 1 aliphatic heterocycles. The Bertz CT molecular complexity index is 462. The zero-order valence-electron chi connectivity index (χ0n) is 11.3. The van der Waals surface area contributed by atoms with Gasteiger partial charge in [0.25, 0.3) is 0 Å². The lowest BCUT2D eigenvalue weighted by molar-refractivity contribution is -0.120. The van der Waals surface area contributed by atoms with Crippen LogP contribution < -0.4 is 10.6 Å². The maximum absolute atomic E-state index is 11.8. The first-order chi connectivity index (χ1) is 9.65. The lowest BCUT2D eigenvalue weighted by Crippen LogP contribution is -2.46. The zero-order chi connectivity index (χ0) is 14.4. The Hall–Kier alpha value is -0.810. The van der Waals surface area contributed by atoms with Gasteiger partial charge in [-0.2, -0.15) is 0 Å². The molecule has 0 bridgehead atoms. The van der Waals surface area contributed by atoms with E-state index in [2.05, 4.69) is 15.5 Å². The monoisotopic (exact) mass is 315 g/mol. The minimum Gasteiger partial charge on any atom is -0.355 e. The lowest BCUT2D eigenvalue weighted by Gasteiger charge is -2.27. The largest absolute Gasteiger partial charge is 0.355 e. The number of carbonyl (C=O) groups is 1. The van der Waals surface area contributed by atoms with E-state index in [1.165, 1.54) is 0 Å². The van der Waals surface area contributed by atoms with Crippen LogP contribution in [0, 0.1) is 0 Å². The maximum atomic E-state index is 11.8. The summed E-state index contributed by atoms with van der Waals surface area (Å²) in [5.74, 6) is 0.0125. The van der Waals surface area contributed by atoms with Crippen molar-refractivity contribution in [1.29, 1.82) is 0 Å². The molecule has 1 saturated heterocycles. The van der Waals surface area contributed by atoms with Gasteiger partial charge in [-0.3, -0.25) is 9.69 Å². The Labute approximate surface area is 129 Å². The molecular weight excluding hydrogens is 297 g/mol. The molecule has 20 heavy (non-hydrogen) atoms. The van der Waals surface area contributed by atoms with Gasteiger partial charge in [0.15, 0.2) is 0 Å². The highest BCUT2D eigenvalue weighted by atomic mass is 35.5. The van der Waals surface area contributed by atoms with Crippen LogP contribution in [0.1, 0.15) is 5.56 Å². The third-order valence-corrected chi connectivity index (χ3v) is 4.05. The molecule has 1 aromatic carbocycles. The smallest absolute Gasteiger partial charge is 0.224 e. The van der Waals surface area contributed by atoms with Crippen molar-refractivity contribution in [3.63, 3.8) is 0 Å². The zero-order valence-corrected chi connectivity index (χ0v) is 12.8. The molecule has 0 saturated carbocycles. The molecule has 1 heterocycles. The number of rotatable bonds is 5. The lowest BCUT2D eigenvalue weighted by atomic mass is 10.1. The summed E-state index contributed by atoms with van der Waals surface area (Å²) in [6.07, 6.45) is 0.332. The number of benzene rings is 1. The van der Waals surface area contributed by atoms with Crippen molar-refractivity contribution in [2.75, 3.05) is 39.3 Å². The molecule has 1 amide bonds. The van der Waals surface area contributed by atoms with Crippen LogP contribution >= 0.6 is 23.2 Å². The second-order valence-electron chi connectivity index (χ2n) is 4.87. The number of hydrogen-bond donors (Lipinski definition) is 2. The number of amides is 1. The average molecular weight is 316 g/mol. The molecule has 0 radical (unpaired) electrons. The van der Waals surface area contributed by atoms with E-state index in [4.69, 9.17) is 23.2 Å². The van der Waals surface area contributed by atoms with E-state index in [1.807, 2.05) is 6.07 Å². The van der Waals surface area contributed by atoms with Gasteiger partial charge >= 0.3 is 0 Å². The van der Waals surface area contributed by atoms with Crippen LogP contribution in [0.3, 0.4) is 0 Å². The predicted molar refractivity (Wildman–Crippen MR) is 82.5 cm³/mol. The second kappa shape index (κ2) is 7.84. The molecule has 1 fully saturated rings. The third-order valence-electron chi connectivity index (χ3n) is 3.31. The molecule has 1 aromatic rings. The number of piperazine rings is 1. The van der Waals surface area contributed by atoms with Crippen LogP contribution in [0.2, 0.25) is 10.0 Å². The Kier molecular flexibility index (Phi) is 6.10. The summed E-state index contributed by atoms with van der Waals surface area (Å²) in [6.45, 7) is 5.72. The summed E-state index contributed by atoms with van der Waals surface area (Å²) < 4.78 is 0. The van der Waals surface area contributed by atoms with E-state index in [9.17, 15) is 4.79 Å². The van der Waals surface area contributed by atoms with E-state index in [1.54, 1.807) is 12.1 Å². The minimum atomic E-state index is 0.0125. The quantitative estimate of drug-likeness (QED) is 0.866. The molecule has 0 spiro atoms. The van der Waals surface area contributed by atoms with Crippen LogP contribution in [0.5, 0.6) is 0 Å². The van der Waals surface area contributed by atoms with Gasteiger partial charge in [-0.25, -0.2) is 0 Å². The van der Waals surface area contributed by atoms with E-state index >= 15 is 0 Å². The van der Waals surface area contributed by atoms with Gasteiger partial charge in [-0.15, -0.1) is 0 Å². The molecule has 110 valence electrons. The average Bonchev–Trinajstić information content (AvgIpc) is 2.44. The highest BCUT2D eigenvalue weighted by Gasteiger charge is 2.10.